The highest BCUT2D eigenvalue weighted by atomic mass is 35.5. The number of piperidine rings is 1. The lowest BCUT2D eigenvalue weighted by Crippen LogP contribution is -2.42. The molecule has 0 radical (unpaired) electrons. The third kappa shape index (κ3) is 5.68. The molecule has 0 atom stereocenters. The van der Waals surface area contributed by atoms with Gasteiger partial charge in [-0.15, -0.1) is 0 Å². The van der Waals surface area contributed by atoms with Crippen LogP contribution in [-0.2, 0) is 4.79 Å². The first-order chi connectivity index (χ1) is 17.2. The molecule has 0 saturated carbocycles. The molecule has 0 unspecified atom stereocenters. The van der Waals surface area contributed by atoms with Crippen LogP contribution in [0.4, 0.5) is 5.69 Å². The van der Waals surface area contributed by atoms with Crippen molar-refractivity contribution in [2.24, 2.45) is 0 Å². The zero-order valence-corrected chi connectivity index (χ0v) is 21.5. The lowest BCUT2D eigenvalue weighted by molar-refractivity contribution is -0.130. The predicted octanol–water partition coefficient (Wildman–Crippen LogP) is 4.19. The summed E-state index contributed by atoms with van der Waals surface area (Å²) in [7, 11) is 0. The van der Waals surface area contributed by atoms with E-state index in [1.807, 2.05) is 0 Å². The first kappa shape index (κ1) is 25.7. The van der Waals surface area contributed by atoms with Gasteiger partial charge >= 0.3 is 0 Å². The van der Waals surface area contributed by atoms with Crippen LogP contribution in [0.25, 0.3) is 5.82 Å². The van der Waals surface area contributed by atoms with E-state index in [-0.39, 0.29) is 29.4 Å². The summed E-state index contributed by atoms with van der Waals surface area (Å²) in [6, 6.07) is 8.04. The summed E-state index contributed by atoms with van der Waals surface area (Å²) in [4.78, 5) is 44.9. The third-order valence-electron chi connectivity index (χ3n) is 5.90. The van der Waals surface area contributed by atoms with Crippen LogP contribution < -0.4 is 10.6 Å². The van der Waals surface area contributed by atoms with Crippen molar-refractivity contribution >= 4 is 46.6 Å². The predicted molar refractivity (Wildman–Crippen MR) is 138 cm³/mol. The van der Waals surface area contributed by atoms with Gasteiger partial charge in [-0.3, -0.25) is 14.4 Å². The highest BCUT2D eigenvalue weighted by Crippen LogP contribution is 2.27. The molecule has 9 nitrogen and oxygen atoms in total. The molecule has 0 bridgehead atoms. The van der Waals surface area contributed by atoms with Crippen molar-refractivity contribution in [1.82, 2.24) is 25.0 Å². The van der Waals surface area contributed by atoms with Gasteiger partial charge in [-0.1, -0.05) is 23.2 Å². The van der Waals surface area contributed by atoms with E-state index < -0.39 is 11.8 Å². The number of anilines is 1. The molecule has 36 heavy (non-hydrogen) atoms. The topological polar surface area (TPSA) is 109 Å². The average Bonchev–Trinajstić information content (AvgIpc) is 3.26. The Morgan fingerprint density at radius 2 is 1.78 bits per heavy atom. The quantitative estimate of drug-likeness (QED) is 0.498. The van der Waals surface area contributed by atoms with Gasteiger partial charge < -0.3 is 15.5 Å². The van der Waals surface area contributed by atoms with Crippen molar-refractivity contribution < 1.29 is 14.4 Å². The van der Waals surface area contributed by atoms with Gasteiger partial charge in [0.15, 0.2) is 5.82 Å². The lowest BCUT2D eigenvalue weighted by atomic mass is 10.1. The molecule has 1 aromatic carbocycles. The number of amides is 3. The van der Waals surface area contributed by atoms with E-state index in [9.17, 15) is 14.4 Å². The summed E-state index contributed by atoms with van der Waals surface area (Å²) in [5, 5.41) is 10.5. The molecular weight excluding hydrogens is 503 g/mol. The number of carbonyl (C=O) groups excluding carboxylic acids is 3. The van der Waals surface area contributed by atoms with Gasteiger partial charge in [0.1, 0.15) is 5.69 Å². The van der Waals surface area contributed by atoms with Crippen LogP contribution in [0.5, 0.6) is 0 Å². The standard InChI is InChI=1S/C25H26Cl2N6O3/c1-15-11-17(26)13-18(24(35)29-14-21(34)32-9-4-3-5-10-32)22(15)30-25(36)20-12-16(2)31-33(20)23-19(27)7-6-8-28-23/h6-8,11-13H,3-5,9-10,14H2,1-2H3,(H,29,35)(H,30,36). The van der Waals surface area contributed by atoms with Crippen molar-refractivity contribution in [1.29, 1.82) is 0 Å². The van der Waals surface area contributed by atoms with Gasteiger partial charge in [0, 0.05) is 24.3 Å². The normalized spacial score (nSPS) is 13.4. The molecular formula is C25H26Cl2N6O3. The molecule has 0 aliphatic carbocycles. The summed E-state index contributed by atoms with van der Waals surface area (Å²) >= 11 is 12.5. The fourth-order valence-electron chi connectivity index (χ4n) is 4.13. The van der Waals surface area contributed by atoms with Crippen molar-refractivity contribution in [2.45, 2.75) is 33.1 Å². The Labute approximate surface area is 218 Å². The average molecular weight is 529 g/mol. The van der Waals surface area contributed by atoms with Crippen molar-refractivity contribution in [3.63, 3.8) is 0 Å². The zero-order chi connectivity index (χ0) is 25.8. The molecule has 1 fully saturated rings. The number of nitrogens with zero attached hydrogens (tertiary/aromatic N) is 4. The summed E-state index contributed by atoms with van der Waals surface area (Å²) in [5.41, 5.74) is 1.79. The number of likely N-dealkylation sites (tertiary alicyclic amines) is 1. The van der Waals surface area contributed by atoms with Gasteiger partial charge in [-0.05, 0) is 69.0 Å². The number of rotatable bonds is 6. The molecule has 3 amide bonds. The number of carbonyl (C=O) groups is 3. The molecule has 1 aliphatic rings. The van der Waals surface area contributed by atoms with E-state index in [0.29, 0.717) is 40.2 Å². The van der Waals surface area contributed by atoms with Gasteiger partial charge in [-0.25, -0.2) is 9.67 Å². The minimum atomic E-state index is -0.515. The molecule has 0 spiro atoms. The fraction of sp³-hybridized carbons (Fsp3) is 0.320. The maximum Gasteiger partial charge on any atom is 0.274 e. The Hall–Kier alpha value is -3.43. The van der Waals surface area contributed by atoms with Crippen LogP contribution in [0, 0.1) is 13.8 Å². The van der Waals surface area contributed by atoms with E-state index in [1.54, 1.807) is 49.2 Å². The van der Waals surface area contributed by atoms with Gasteiger partial charge in [-0.2, -0.15) is 5.10 Å². The van der Waals surface area contributed by atoms with E-state index in [1.165, 1.54) is 10.7 Å². The number of nitrogens with one attached hydrogen (secondary N) is 2. The number of aryl methyl sites for hydroxylation is 2. The SMILES string of the molecule is Cc1cc(C(=O)Nc2c(C)cc(Cl)cc2C(=O)NCC(=O)N2CCCCC2)n(-c2ncccc2Cl)n1. The smallest absolute Gasteiger partial charge is 0.274 e. The number of benzene rings is 1. The van der Waals surface area contributed by atoms with E-state index in [4.69, 9.17) is 23.2 Å². The second kappa shape index (κ2) is 11.1. The van der Waals surface area contributed by atoms with Crippen molar-refractivity contribution in [3.8, 4) is 5.82 Å². The number of hydrogen-bond donors (Lipinski definition) is 2. The Morgan fingerprint density at radius 3 is 2.50 bits per heavy atom. The molecule has 3 heterocycles. The van der Waals surface area contributed by atoms with Crippen LogP contribution in [0.3, 0.4) is 0 Å². The zero-order valence-electron chi connectivity index (χ0n) is 20.0. The minimum absolute atomic E-state index is 0.137. The molecule has 3 aromatic rings. The summed E-state index contributed by atoms with van der Waals surface area (Å²) in [5.74, 6) is -0.863. The van der Waals surface area contributed by atoms with Gasteiger partial charge in [0.25, 0.3) is 11.8 Å². The second-order valence-corrected chi connectivity index (χ2v) is 9.46. The lowest BCUT2D eigenvalue weighted by Gasteiger charge is -2.26. The van der Waals surface area contributed by atoms with Crippen LogP contribution >= 0.6 is 23.2 Å². The Morgan fingerprint density at radius 1 is 1.03 bits per heavy atom. The summed E-state index contributed by atoms with van der Waals surface area (Å²) < 4.78 is 1.36. The number of aromatic nitrogens is 3. The van der Waals surface area contributed by atoms with Crippen LogP contribution in [0.1, 0.15) is 51.4 Å². The van der Waals surface area contributed by atoms with E-state index in [0.717, 1.165) is 19.3 Å². The monoisotopic (exact) mass is 528 g/mol. The van der Waals surface area contributed by atoms with Crippen LogP contribution in [-0.4, -0.2) is 57.0 Å². The van der Waals surface area contributed by atoms with Crippen LogP contribution in [0.2, 0.25) is 10.0 Å². The van der Waals surface area contributed by atoms with Crippen molar-refractivity contribution in [3.05, 3.63) is 69.1 Å². The third-order valence-corrected chi connectivity index (χ3v) is 6.41. The number of halogens is 2. The van der Waals surface area contributed by atoms with Gasteiger partial charge in [0.2, 0.25) is 5.91 Å². The molecule has 4 rings (SSSR count). The first-order valence-electron chi connectivity index (χ1n) is 11.6. The summed E-state index contributed by atoms with van der Waals surface area (Å²) in [6.07, 6.45) is 4.58. The van der Waals surface area contributed by atoms with E-state index >= 15 is 0 Å². The molecule has 188 valence electrons. The molecule has 1 saturated heterocycles. The summed E-state index contributed by atoms with van der Waals surface area (Å²) in [6.45, 7) is 4.73. The molecule has 11 heteroatoms. The highest BCUT2D eigenvalue weighted by Gasteiger charge is 2.23. The molecule has 2 aromatic heterocycles. The second-order valence-electron chi connectivity index (χ2n) is 8.62. The van der Waals surface area contributed by atoms with E-state index in [2.05, 4.69) is 20.7 Å². The first-order valence-corrected chi connectivity index (χ1v) is 12.3. The van der Waals surface area contributed by atoms with Gasteiger partial charge in [0.05, 0.1) is 28.5 Å². The maximum atomic E-state index is 13.3. The Bertz CT molecular complexity index is 1320. The van der Waals surface area contributed by atoms with Crippen molar-refractivity contribution in [2.75, 3.05) is 25.0 Å². The maximum absolute atomic E-state index is 13.3. The number of hydrogen-bond acceptors (Lipinski definition) is 5. The number of pyridine rings is 1. The Balaban J connectivity index is 1.57. The fourth-order valence-corrected chi connectivity index (χ4v) is 4.60. The molecule has 1 aliphatic heterocycles. The van der Waals surface area contributed by atoms with Crippen LogP contribution in [0.15, 0.2) is 36.5 Å². The molecule has 2 N–H and O–H groups in total. The minimum Gasteiger partial charge on any atom is -0.343 e. The highest BCUT2D eigenvalue weighted by molar-refractivity contribution is 6.32. The Kier molecular flexibility index (Phi) is 7.91. The largest absolute Gasteiger partial charge is 0.343 e.